The van der Waals surface area contributed by atoms with Gasteiger partial charge in [0, 0.05) is 11.3 Å². The minimum atomic E-state index is -0.265. The number of rotatable bonds is 1. The van der Waals surface area contributed by atoms with E-state index < -0.39 is 0 Å². The van der Waals surface area contributed by atoms with E-state index in [1.807, 2.05) is 13.8 Å². The van der Waals surface area contributed by atoms with E-state index in [0.717, 1.165) is 16.8 Å². The number of hydrogen-bond donors (Lipinski definition) is 2. The lowest BCUT2D eigenvalue weighted by atomic mass is 10.0. The molecule has 0 spiro atoms. The summed E-state index contributed by atoms with van der Waals surface area (Å²) in [5, 5.41) is 9.64. The lowest BCUT2D eigenvalue weighted by Crippen LogP contribution is -2.21. The third-order valence-corrected chi connectivity index (χ3v) is 4.78. The molecular formula is C14H14FN3OS. The first-order valence-electron chi connectivity index (χ1n) is 6.33. The Balaban J connectivity index is 2.10. The van der Waals surface area contributed by atoms with E-state index in [-0.39, 0.29) is 22.2 Å². The van der Waals surface area contributed by atoms with Crippen LogP contribution in [0.5, 0.6) is 0 Å². The van der Waals surface area contributed by atoms with Gasteiger partial charge in [0.05, 0.1) is 10.5 Å². The van der Waals surface area contributed by atoms with E-state index in [1.165, 1.54) is 12.1 Å². The fraction of sp³-hybridized carbons (Fsp3) is 0.286. The molecule has 20 heavy (non-hydrogen) atoms. The van der Waals surface area contributed by atoms with Crippen LogP contribution in [0.3, 0.4) is 0 Å². The Morgan fingerprint density at radius 1 is 1.30 bits per heavy atom. The van der Waals surface area contributed by atoms with Gasteiger partial charge in [-0.15, -0.1) is 11.8 Å². The number of aromatic nitrogens is 2. The fourth-order valence-electron chi connectivity index (χ4n) is 2.29. The predicted molar refractivity (Wildman–Crippen MR) is 77.3 cm³/mol. The highest BCUT2D eigenvalue weighted by molar-refractivity contribution is 8.01. The summed E-state index contributed by atoms with van der Waals surface area (Å²) in [7, 11) is 0. The minimum absolute atomic E-state index is 0.0432. The Morgan fingerprint density at radius 3 is 2.70 bits per heavy atom. The molecule has 1 aromatic heterocycles. The Hall–Kier alpha value is -1.82. The van der Waals surface area contributed by atoms with Gasteiger partial charge in [0.2, 0.25) is 5.91 Å². The fourth-order valence-corrected chi connectivity index (χ4v) is 3.62. The van der Waals surface area contributed by atoms with Gasteiger partial charge in [0.25, 0.3) is 0 Å². The van der Waals surface area contributed by atoms with Gasteiger partial charge in [0.15, 0.2) is 5.82 Å². The summed E-state index contributed by atoms with van der Waals surface area (Å²) in [5.74, 6) is 0.241. The molecular weight excluding hydrogens is 277 g/mol. The van der Waals surface area contributed by atoms with Crippen molar-refractivity contribution in [3.05, 3.63) is 46.9 Å². The maximum atomic E-state index is 13.1. The maximum Gasteiger partial charge on any atom is 0.238 e. The van der Waals surface area contributed by atoms with Crippen LogP contribution in [0.2, 0.25) is 0 Å². The number of benzene rings is 1. The normalized spacial score (nSPS) is 22.1. The van der Waals surface area contributed by atoms with Gasteiger partial charge in [-0.25, -0.2) is 4.39 Å². The van der Waals surface area contributed by atoms with E-state index in [4.69, 9.17) is 0 Å². The highest BCUT2D eigenvalue weighted by Gasteiger charge is 2.32. The summed E-state index contributed by atoms with van der Waals surface area (Å²) in [4.78, 5) is 12.0. The number of anilines is 1. The standard InChI is InChI=1S/C14H14FN3OS/c1-7-11-12(9-3-5-10(15)6-4-9)20-8(2)14(19)16-13(11)18-17-7/h3-6,8,12H,1-2H3,(H2,16,17,18,19)/t8-,12-/m1/s1. The van der Waals surface area contributed by atoms with Crippen LogP contribution in [0.25, 0.3) is 0 Å². The van der Waals surface area contributed by atoms with Gasteiger partial charge >= 0.3 is 0 Å². The number of fused-ring (bicyclic) bond motifs is 1. The van der Waals surface area contributed by atoms with Crippen molar-refractivity contribution < 1.29 is 9.18 Å². The number of aryl methyl sites for hydroxylation is 1. The van der Waals surface area contributed by atoms with Crippen molar-refractivity contribution in [1.82, 2.24) is 10.2 Å². The highest BCUT2D eigenvalue weighted by atomic mass is 32.2. The Morgan fingerprint density at radius 2 is 2.00 bits per heavy atom. The Labute approximate surface area is 120 Å². The van der Waals surface area contributed by atoms with E-state index in [2.05, 4.69) is 15.5 Å². The molecule has 6 heteroatoms. The number of carbonyl (C=O) groups excluding carboxylic acids is 1. The predicted octanol–water partition coefficient (Wildman–Crippen LogP) is 3.02. The smallest absolute Gasteiger partial charge is 0.238 e. The van der Waals surface area contributed by atoms with Crippen molar-refractivity contribution in [2.75, 3.05) is 5.32 Å². The molecule has 1 aliphatic heterocycles. The number of halogens is 1. The van der Waals surface area contributed by atoms with E-state index in [0.29, 0.717) is 5.82 Å². The van der Waals surface area contributed by atoms with Crippen LogP contribution in [0.1, 0.15) is 29.0 Å². The van der Waals surface area contributed by atoms with Gasteiger partial charge < -0.3 is 5.32 Å². The van der Waals surface area contributed by atoms with Gasteiger partial charge in [-0.05, 0) is 31.5 Å². The summed E-state index contributed by atoms with van der Waals surface area (Å²) < 4.78 is 13.1. The molecule has 0 unspecified atom stereocenters. The van der Waals surface area contributed by atoms with Crippen LogP contribution in [-0.2, 0) is 4.79 Å². The molecule has 0 aliphatic carbocycles. The first-order chi connectivity index (χ1) is 9.56. The third-order valence-electron chi connectivity index (χ3n) is 3.38. The molecule has 2 aromatic rings. The second-order valence-corrected chi connectivity index (χ2v) is 6.26. The van der Waals surface area contributed by atoms with Crippen molar-refractivity contribution >= 4 is 23.5 Å². The average molecular weight is 291 g/mol. The molecule has 1 aliphatic rings. The zero-order valence-electron chi connectivity index (χ0n) is 11.1. The number of nitrogens with one attached hydrogen (secondary N) is 2. The second kappa shape index (κ2) is 4.94. The van der Waals surface area contributed by atoms with Gasteiger partial charge in [-0.2, -0.15) is 5.10 Å². The molecule has 0 saturated heterocycles. The molecule has 2 heterocycles. The topological polar surface area (TPSA) is 57.8 Å². The number of H-pyrrole nitrogens is 1. The van der Waals surface area contributed by atoms with Crippen LogP contribution in [0.4, 0.5) is 10.2 Å². The van der Waals surface area contributed by atoms with Crippen molar-refractivity contribution in [2.24, 2.45) is 0 Å². The Bertz CT molecular complexity index is 653. The SMILES string of the molecule is Cc1[nH]nc2c1[C@@H](c1ccc(F)cc1)S[C@H](C)C(=O)N2. The number of aromatic amines is 1. The summed E-state index contributed by atoms with van der Waals surface area (Å²) in [6, 6.07) is 6.39. The number of carbonyl (C=O) groups is 1. The molecule has 0 radical (unpaired) electrons. The summed E-state index contributed by atoms with van der Waals surface area (Å²) in [6.45, 7) is 3.78. The largest absolute Gasteiger partial charge is 0.308 e. The number of amides is 1. The molecule has 104 valence electrons. The van der Waals surface area contributed by atoms with E-state index >= 15 is 0 Å². The van der Waals surface area contributed by atoms with E-state index in [1.54, 1.807) is 23.9 Å². The van der Waals surface area contributed by atoms with Crippen LogP contribution in [-0.4, -0.2) is 21.4 Å². The average Bonchev–Trinajstić information content (AvgIpc) is 2.71. The summed E-state index contributed by atoms with van der Waals surface area (Å²) >= 11 is 1.54. The molecule has 2 atom stereocenters. The summed E-state index contributed by atoms with van der Waals surface area (Å²) in [5.41, 5.74) is 2.83. The van der Waals surface area contributed by atoms with Crippen LogP contribution in [0, 0.1) is 12.7 Å². The van der Waals surface area contributed by atoms with Crippen molar-refractivity contribution in [2.45, 2.75) is 24.3 Å². The zero-order chi connectivity index (χ0) is 14.3. The van der Waals surface area contributed by atoms with E-state index in [9.17, 15) is 9.18 Å². The second-order valence-electron chi connectivity index (χ2n) is 4.81. The molecule has 4 nitrogen and oxygen atoms in total. The van der Waals surface area contributed by atoms with Crippen LogP contribution < -0.4 is 5.32 Å². The van der Waals surface area contributed by atoms with Gasteiger partial charge in [-0.1, -0.05) is 12.1 Å². The lowest BCUT2D eigenvalue weighted by molar-refractivity contribution is -0.115. The highest BCUT2D eigenvalue weighted by Crippen LogP contribution is 2.44. The first kappa shape index (κ1) is 13.2. The molecule has 3 rings (SSSR count). The number of thioether (sulfide) groups is 1. The van der Waals surface area contributed by atoms with Gasteiger partial charge in [0.1, 0.15) is 5.82 Å². The lowest BCUT2D eigenvalue weighted by Gasteiger charge is -2.17. The molecule has 1 aromatic carbocycles. The number of nitrogens with zero attached hydrogens (tertiary/aromatic N) is 1. The third kappa shape index (κ3) is 2.20. The molecule has 2 N–H and O–H groups in total. The van der Waals surface area contributed by atoms with Crippen molar-refractivity contribution in [3.8, 4) is 0 Å². The maximum absolute atomic E-state index is 13.1. The quantitative estimate of drug-likeness (QED) is 0.849. The molecule has 0 fully saturated rings. The Kier molecular flexibility index (Phi) is 3.25. The molecule has 0 saturated carbocycles. The minimum Gasteiger partial charge on any atom is -0.308 e. The summed E-state index contributed by atoms with van der Waals surface area (Å²) in [6.07, 6.45) is 0. The van der Waals surface area contributed by atoms with Crippen LogP contribution in [0.15, 0.2) is 24.3 Å². The van der Waals surface area contributed by atoms with Crippen molar-refractivity contribution in [1.29, 1.82) is 0 Å². The monoisotopic (exact) mass is 291 g/mol. The van der Waals surface area contributed by atoms with Crippen molar-refractivity contribution in [3.63, 3.8) is 0 Å². The zero-order valence-corrected chi connectivity index (χ0v) is 11.9. The van der Waals surface area contributed by atoms with Gasteiger partial charge in [-0.3, -0.25) is 9.89 Å². The molecule has 1 amide bonds. The van der Waals surface area contributed by atoms with Crippen LogP contribution >= 0.6 is 11.8 Å². The number of hydrogen-bond acceptors (Lipinski definition) is 3. The molecule has 0 bridgehead atoms. The first-order valence-corrected chi connectivity index (χ1v) is 7.27.